The number of carbonyl (C=O) groups is 1. The van der Waals surface area contributed by atoms with E-state index in [0.29, 0.717) is 22.6 Å². The highest BCUT2D eigenvalue weighted by Gasteiger charge is 2.12. The van der Waals surface area contributed by atoms with E-state index in [1.807, 2.05) is 6.07 Å². The van der Waals surface area contributed by atoms with Gasteiger partial charge in [-0.1, -0.05) is 18.2 Å². The van der Waals surface area contributed by atoms with E-state index in [1.165, 1.54) is 12.1 Å². The predicted molar refractivity (Wildman–Crippen MR) is 92.1 cm³/mol. The van der Waals surface area contributed by atoms with Crippen molar-refractivity contribution in [2.75, 3.05) is 0 Å². The molecule has 0 aliphatic carbocycles. The monoisotopic (exact) mass is 333 g/mol. The van der Waals surface area contributed by atoms with E-state index in [0.717, 1.165) is 0 Å². The summed E-state index contributed by atoms with van der Waals surface area (Å²) >= 11 is 0. The molecule has 0 atom stereocenters. The molecule has 0 aliphatic heterocycles. The number of carbonyl (C=O) groups excluding carboxylic acids is 1. The van der Waals surface area contributed by atoms with Gasteiger partial charge in [0.1, 0.15) is 18.0 Å². The smallest absolute Gasteiger partial charge is 0.340 e. The first kappa shape index (κ1) is 16.3. The SMILES string of the molecule is O=C(OCc1ccccn1)c1ccccc1N=Nc1ccc(O)cc1. The summed E-state index contributed by atoms with van der Waals surface area (Å²) in [4.78, 5) is 16.4. The number of phenolic OH excluding ortho intramolecular Hbond substituents is 1. The molecule has 0 radical (unpaired) electrons. The highest BCUT2D eigenvalue weighted by molar-refractivity contribution is 5.94. The third-order valence-corrected chi connectivity index (χ3v) is 3.32. The van der Waals surface area contributed by atoms with E-state index in [4.69, 9.17) is 4.74 Å². The van der Waals surface area contributed by atoms with Crippen LogP contribution in [0.25, 0.3) is 0 Å². The molecule has 6 nitrogen and oxygen atoms in total. The average molecular weight is 333 g/mol. The van der Waals surface area contributed by atoms with Crippen LogP contribution in [0.5, 0.6) is 5.75 Å². The first-order valence-electron chi connectivity index (χ1n) is 7.59. The Balaban J connectivity index is 1.73. The van der Waals surface area contributed by atoms with Crippen LogP contribution in [0, 0.1) is 0 Å². The van der Waals surface area contributed by atoms with Crippen LogP contribution >= 0.6 is 0 Å². The lowest BCUT2D eigenvalue weighted by Crippen LogP contribution is -2.06. The molecule has 1 N–H and O–H groups in total. The van der Waals surface area contributed by atoms with Gasteiger partial charge >= 0.3 is 5.97 Å². The fourth-order valence-corrected chi connectivity index (χ4v) is 2.07. The lowest BCUT2D eigenvalue weighted by atomic mass is 10.2. The Morgan fingerprint density at radius 2 is 1.72 bits per heavy atom. The second-order valence-corrected chi connectivity index (χ2v) is 5.13. The zero-order chi connectivity index (χ0) is 17.5. The van der Waals surface area contributed by atoms with Crippen LogP contribution in [0.3, 0.4) is 0 Å². The second-order valence-electron chi connectivity index (χ2n) is 5.13. The molecular formula is C19H15N3O3. The number of hydrogen-bond donors (Lipinski definition) is 1. The summed E-state index contributed by atoms with van der Waals surface area (Å²) in [6.07, 6.45) is 1.64. The summed E-state index contributed by atoms with van der Waals surface area (Å²) in [5, 5.41) is 17.5. The maximum atomic E-state index is 12.3. The van der Waals surface area contributed by atoms with Gasteiger partial charge in [0.15, 0.2) is 0 Å². The van der Waals surface area contributed by atoms with Crippen LogP contribution in [0.2, 0.25) is 0 Å². The standard InChI is InChI=1S/C19H15N3O3/c23-16-10-8-14(9-11-16)21-22-18-7-2-1-6-17(18)19(24)25-13-15-5-3-4-12-20-15/h1-12,23H,13H2. The molecule has 0 unspecified atom stereocenters. The number of azo groups is 1. The van der Waals surface area contributed by atoms with Gasteiger partial charge in [0, 0.05) is 6.20 Å². The van der Waals surface area contributed by atoms with Crippen LogP contribution in [-0.2, 0) is 11.3 Å². The Hall–Kier alpha value is -3.54. The van der Waals surface area contributed by atoms with Crippen molar-refractivity contribution in [3.05, 3.63) is 84.2 Å². The molecule has 0 aliphatic rings. The molecule has 3 aromatic rings. The molecule has 0 spiro atoms. The van der Waals surface area contributed by atoms with Gasteiger partial charge in [-0.25, -0.2) is 4.79 Å². The first-order chi connectivity index (χ1) is 12.2. The summed E-state index contributed by atoms with van der Waals surface area (Å²) in [7, 11) is 0. The minimum atomic E-state index is -0.495. The summed E-state index contributed by atoms with van der Waals surface area (Å²) in [5.41, 5.74) is 1.95. The molecule has 0 saturated heterocycles. The third kappa shape index (κ3) is 4.48. The van der Waals surface area contributed by atoms with Gasteiger partial charge in [0.25, 0.3) is 0 Å². The van der Waals surface area contributed by atoms with Crippen molar-refractivity contribution in [3.8, 4) is 5.75 Å². The molecular weight excluding hydrogens is 318 g/mol. The largest absolute Gasteiger partial charge is 0.508 e. The quantitative estimate of drug-likeness (QED) is 0.548. The Morgan fingerprint density at radius 1 is 0.960 bits per heavy atom. The Kier molecular flexibility index (Phi) is 5.11. The van der Waals surface area contributed by atoms with E-state index in [2.05, 4.69) is 15.2 Å². The number of phenols is 1. The molecule has 0 fully saturated rings. The Bertz CT molecular complexity index is 878. The first-order valence-corrected chi connectivity index (χ1v) is 7.59. The number of pyridine rings is 1. The van der Waals surface area contributed by atoms with E-state index in [-0.39, 0.29) is 12.4 Å². The molecule has 0 bridgehead atoms. The Morgan fingerprint density at radius 3 is 2.48 bits per heavy atom. The number of benzene rings is 2. The molecule has 25 heavy (non-hydrogen) atoms. The topological polar surface area (TPSA) is 84.1 Å². The third-order valence-electron chi connectivity index (χ3n) is 3.32. The molecule has 1 aromatic heterocycles. The van der Waals surface area contributed by atoms with Crippen LogP contribution in [0.4, 0.5) is 11.4 Å². The molecule has 3 rings (SSSR count). The molecule has 1 heterocycles. The summed E-state index contributed by atoms with van der Waals surface area (Å²) in [6, 6.07) is 18.5. The normalized spacial score (nSPS) is 10.7. The fourth-order valence-electron chi connectivity index (χ4n) is 2.07. The molecule has 0 saturated carbocycles. The minimum absolute atomic E-state index is 0.0864. The van der Waals surface area contributed by atoms with Crippen molar-refractivity contribution in [1.29, 1.82) is 0 Å². The van der Waals surface area contributed by atoms with E-state index in [9.17, 15) is 9.90 Å². The van der Waals surface area contributed by atoms with Crippen LogP contribution < -0.4 is 0 Å². The van der Waals surface area contributed by atoms with Crippen molar-refractivity contribution in [2.24, 2.45) is 10.2 Å². The number of aromatic hydroxyl groups is 1. The van der Waals surface area contributed by atoms with Crippen LogP contribution in [0.15, 0.2) is 83.2 Å². The molecule has 124 valence electrons. The van der Waals surface area contributed by atoms with Gasteiger partial charge in [-0.05, 0) is 48.5 Å². The number of hydrogen-bond acceptors (Lipinski definition) is 6. The number of rotatable bonds is 5. The number of ether oxygens (including phenoxy) is 1. The molecule has 0 amide bonds. The summed E-state index contributed by atoms with van der Waals surface area (Å²) in [5.74, 6) is -0.344. The minimum Gasteiger partial charge on any atom is -0.508 e. The summed E-state index contributed by atoms with van der Waals surface area (Å²) < 4.78 is 5.29. The zero-order valence-corrected chi connectivity index (χ0v) is 13.2. The zero-order valence-electron chi connectivity index (χ0n) is 13.2. The van der Waals surface area contributed by atoms with E-state index >= 15 is 0 Å². The average Bonchev–Trinajstić information content (AvgIpc) is 2.67. The van der Waals surface area contributed by atoms with Crippen molar-refractivity contribution in [3.63, 3.8) is 0 Å². The number of nitrogens with zero attached hydrogens (tertiary/aromatic N) is 3. The maximum absolute atomic E-state index is 12.3. The maximum Gasteiger partial charge on any atom is 0.340 e. The van der Waals surface area contributed by atoms with Gasteiger partial charge in [0.2, 0.25) is 0 Å². The van der Waals surface area contributed by atoms with Crippen LogP contribution in [-0.4, -0.2) is 16.1 Å². The highest BCUT2D eigenvalue weighted by Crippen LogP contribution is 2.24. The fraction of sp³-hybridized carbons (Fsp3) is 0.0526. The number of aromatic nitrogens is 1. The molecule has 6 heteroatoms. The van der Waals surface area contributed by atoms with E-state index < -0.39 is 5.97 Å². The van der Waals surface area contributed by atoms with Gasteiger partial charge in [-0.2, -0.15) is 5.11 Å². The van der Waals surface area contributed by atoms with Gasteiger partial charge in [0.05, 0.1) is 16.9 Å². The van der Waals surface area contributed by atoms with Crippen LogP contribution in [0.1, 0.15) is 16.1 Å². The van der Waals surface area contributed by atoms with Crippen molar-refractivity contribution >= 4 is 17.3 Å². The lowest BCUT2D eigenvalue weighted by Gasteiger charge is -2.06. The predicted octanol–water partition coefficient (Wildman–Crippen LogP) is 4.56. The van der Waals surface area contributed by atoms with E-state index in [1.54, 1.807) is 54.7 Å². The van der Waals surface area contributed by atoms with Gasteiger partial charge in [-0.3, -0.25) is 4.98 Å². The van der Waals surface area contributed by atoms with Gasteiger partial charge < -0.3 is 9.84 Å². The second kappa shape index (κ2) is 7.83. The van der Waals surface area contributed by atoms with Gasteiger partial charge in [-0.15, -0.1) is 5.11 Å². The van der Waals surface area contributed by atoms with Crippen molar-refractivity contribution < 1.29 is 14.6 Å². The van der Waals surface area contributed by atoms with Crippen molar-refractivity contribution in [2.45, 2.75) is 6.61 Å². The Labute approximate surface area is 144 Å². The molecule has 2 aromatic carbocycles. The lowest BCUT2D eigenvalue weighted by molar-refractivity contribution is 0.0468. The van der Waals surface area contributed by atoms with Crippen molar-refractivity contribution in [1.82, 2.24) is 4.98 Å². The number of esters is 1. The summed E-state index contributed by atoms with van der Waals surface area (Å²) in [6.45, 7) is 0.0864. The highest BCUT2D eigenvalue weighted by atomic mass is 16.5.